The molecule has 2 aromatic rings. The monoisotopic (exact) mass is 249 g/mol. The van der Waals surface area contributed by atoms with Gasteiger partial charge < -0.3 is 15.3 Å². The Morgan fingerprint density at radius 1 is 1.17 bits per heavy atom. The Labute approximate surface area is 102 Å². The first-order chi connectivity index (χ1) is 8.43. The average Bonchev–Trinajstić information content (AvgIpc) is 2.27. The van der Waals surface area contributed by atoms with Gasteiger partial charge in [0.15, 0.2) is 0 Å². The van der Waals surface area contributed by atoms with Crippen LogP contribution in [0.4, 0.5) is 0 Å². The SMILES string of the molecule is CC(=O)O.O=C(O)c1c(O)cnc2ccccc12. The van der Waals surface area contributed by atoms with Gasteiger partial charge in [-0.05, 0) is 6.07 Å². The largest absolute Gasteiger partial charge is 0.505 e. The molecule has 0 radical (unpaired) electrons. The van der Waals surface area contributed by atoms with Gasteiger partial charge >= 0.3 is 5.97 Å². The number of fused-ring (bicyclic) bond motifs is 1. The van der Waals surface area contributed by atoms with E-state index in [2.05, 4.69) is 4.98 Å². The van der Waals surface area contributed by atoms with Crippen LogP contribution in [-0.2, 0) is 4.79 Å². The molecule has 1 aromatic carbocycles. The predicted octanol–water partition coefficient (Wildman–Crippen LogP) is 1.73. The van der Waals surface area contributed by atoms with E-state index < -0.39 is 11.9 Å². The highest BCUT2D eigenvalue weighted by atomic mass is 16.4. The molecule has 0 aliphatic carbocycles. The fourth-order valence-electron chi connectivity index (χ4n) is 1.36. The number of hydrogen-bond acceptors (Lipinski definition) is 4. The number of carboxylic acids is 2. The zero-order valence-electron chi connectivity index (χ0n) is 9.49. The van der Waals surface area contributed by atoms with Crippen molar-refractivity contribution in [3.8, 4) is 5.75 Å². The van der Waals surface area contributed by atoms with Crippen LogP contribution < -0.4 is 0 Å². The van der Waals surface area contributed by atoms with E-state index >= 15 is 0 Å². The lowest BCUT2D eigenvalue weighted by molar-refractivity contribution is -0.134. The second-order valence-corrected chi connectivity index (χ2v) is 3.36. The Morgan fingerprint density at radius 2 is 1.72 bits per heavy atom. The van der Waals surface area contributed by atoms with E-state index in [9.17, 15) is 9.90 Å². The van der Waals surface area contributed by atoms with Gasteiger partial charge in [0.1, 0.15) is 11.3 Å². The highest BCUT2D eigenvalue weighted by Crippen LogP contribution is 2.24. The summed E-state index contributed by atoms with van der Waals surface area (Å²) in [4.78, 5) is 23.8. The van der Waals surface area contributed by atoms with Gasteiger partial charge in [-0.15, -0.1) is 0 Å². The molecular formula is C12H11NO5. The maximum Gasteiger partial charge on any atom is 0.340 e. The van der Waals surface area contributed by atoms with Gasteiger partial charge in [-0.1, -0.05) is 18.2 Å². The molecule has 2 rings (SSSR count). The topological polar surface area (TPSA) is 108 Å². The molecule has 6 heteroatoms. The van der Waals surface area contributed by atoms with Crippen LogP contribution in [0.2, 0.25) is 0 Å². The van der Waals surface area contributed by atoms with E-state index in [0.29, 0.717) is 10.9 Å². The van der Waals surface area contributed by atoms with Crippen LogP contribution >= 0.6 is 0 Å². The zero-order chi connectivity index (χ0) is 13.7. The first-order valence-corrected chi connectivity index (χ1v) is 4.93. The van der Waals surface area contributed by atoms with Gasteiger partial charge in [-0.25, -0.2) is 4.79 Å². The molecule has 0 amide bonds. The number of hydrogen-bond donors (Lipinski definition) is 3. The van der Waals surface area contributed by atoms with Crippen LogP contribution in [0.15, 0.2) is 30.5 Å². The molecule has 0 atom stereocenters. The summed E-state index contributed by atoms with van der Waals surface area (Å²) in [5.41, 5.74) is 0.457. The number of para-hydroxylation sites is 1. The molecule has 6 nitrogen and oxygen atoms in total. The number of aromatic carboxylic acids is 1. The Hall–Kier alpha value is -2.63. The van der Waals surface area contributed by atoms with Crippen molar-refractivity contribution in [1.82, 2.24) is 4.98 Å². The summed E-state index contributed by atoms with van der Waals surface area (Å²) in [5, 5.41) is 26.1. The highest BCUT2D eigenvalue weighted by molar-refractivity contribution is 6.04. The second kappa shape index (κ2) is 5.62. The maximum absolute atomic E-state index is 10.8. The van der Waals surface area contributed by atoms with Crippen molar-refractivity contribution in [2.75, 3.05) is 0 Å². The molecule has 0 spiro atoms. The molecule has 0 unspecified atom stereocenters. The standard InChI is InChI=1S/C10H7NO3.C2H4O2/c12-8-5-11-7-4-2-1-3-6(7)9(8)10(13)14;1-2(3)4/h1-5,12H,(H,13,14);1H3,(H,3,4). The van der Waals surface area contributed by atoms with Crippen LogP contribution in [-0.4, -0.2) is 32.2 Å². The summed E-state index contributed by atoms with van der Waals surface area (Å²) in [6.45, 7) is 1.08. The van der Waals surface area contributed by atoms with E-state index in [1.165, 1.54) is 0 Å². The van der Waals surface area contributed by atoms with E-state index in [-0.39, 0.29) is 11.3 Å². The Kier molecular flexibility index (Phi) is 4.20. The zero-order valence-corrected chi connectivity index (χ0v) is 9.49. The molecule has 3 N–H and O–H groups in total. The van der Waals surface area contributed by atoms with Crippen molar-refractivity contribution >= 4 is 22.8 Å². The second-order valence-electron chi connectivity index (χ2n) is 3.36. The number of nitrogens with zero attached hydrogens (tertiary/aromatic N) is 1. The van der Waals surface area contributed by atoms with Crippen molar-refractivity contribution in [3.63, 3.8) is 0 Å². The molecule has 0 fully saturated rings. The average molecular weight is 249 g/mol. The van der Waals surface area contributed by atoms with E-state index in [4.69, 9.17) is 15.0 Å². The Balaban J connectivity index is 0.000000357. The molecule has 0 aliphatic heterocycles. The molecule has 94 valence electrons. The smallest absolute Gasteiger partial charge is 0.340 e. The number of carboxylic acid groups (broad SMARTS) is 2. The fraction of sp³-hybridized carbons (Fsp3) is 0.0833. The van der Waals surface area contributed by atoms with Crippen molar-refractivity contribution in [3.05, 3.63) is 36.0 Å². The minimum Gasteiger partial charge on any atom is -0.505 e. The summed E-state index contributed by atoms with van der Waals surface area (Å²) in [7, 11) is 0. The molecular weight excluding hydrogens is 238 g/mol. The minimum absolute atomic E-state index is 0.101. The molecule has 0 aliphatic rings. The van der Waals surface area contributed by atoms with Crippen molar-refractivity contribution < 1.29 is 24.9 Å². The molecule has 0 saturated carbocycles. The lowest BCUT2D eigenvalue weighted by Gasteiger charge is -2.03. The number of aliphatic carboxylic acids is 1. The summed E-state index contributed by atoms with van der Waals surface area (Å²) in [6.07, 6.45) is 1.14. The van der Waals surface area contributed by atoms with Crippen molar-refractivity contribution in [1.29, 1.82) is 0 Å². The van der Waals surface area contributed by atoms with Gasteiger partial charge in [0.05, 0.1) is 11.7 Å². The fourth-order valence-corrected chi connectivity index (χ4v) is 1.36. The molecule has 18 heavy (non-hydrogen) atoms. The summed E-state index contributed by atoms with van der Waals surface area (Å²) >= 11 is 0. The minimum atomic E-state index is -1.15. The highest BCUT2D eigenvalue weighted by Gasteiger charge is 2.13. The third-order valence-electron chi connectivity index (χ3n) is 1.97. The van der Waals surface area contributed by atoms with Gasteiger partial charge in [0.25, 0.3) is 5.97 Å². The maximum atomic E-state index is 10.8. The first-order valence-electron chi connectivity index (χ1n) is 4.93. The molecule has 1 aromatic heterocycles. The first kappa shape index (κ1) is 13.4. The van der Waals surface area contributed by atoms with Crippen LogP contribution in [0, 0.1) is 0 Å². The van der Waals surface area contributed by atoms with Crippen LogP contribution in [0.5, 0.6) is 5.75 Å². The lowest BCUT2D eigenvalue weighted by Crippen LogP contribution is -1.99. The third kappa shape index (κ3) is 3.18. The molecule has 1 heterocycles. The number of carbonyl (C=O) groups is 2. The normalized spacial score (nSPS) is 9.39. The van der Waals surface area contributed by atoms with Gasteiger partial charge in [-0.2, -0.15) is 0 Å². The summed E-state index contributed by atoms with van der Waals surface area (Å²) in [5.74, 6) is -2.29. The summed E-state index contributed by atoms with van der Waals surface area (Å²) < 4.78 is 0. The summed E-state index contributed by atoms with van der Waals surface area (Å²) in [6, 6.07) is 6.78. The molecule has 0 saturated heterocycles. The van der Waals surface area contributed by atoms with Gasteiger partial charge in [-0.3, -0.25) is 9.78 Å². The van der Waals surface area contributed by atoms with Gasteiger partial charge in [0.2, 0.25) is 0 Å². The number of pyridine rings is 1. The van der Waals surface area contributed by atoms with E-state index in [0.717, 1.165) is 13.1 Å². The lowest BCUT2D eigenvalue weighted by atomic mass is 10.1. The number of aromatic nitrogens is 1. The van der Waals surface area contributed by atoms with E-state index in [1.807, 2.05) is 0 Å². The Bertz CT molecular complexity index is 590. The predicted molar refractivity (Wildman–Crippen MR) is 63.7 cm³/mol. The van der Waals surface area contributed by atoms with Crippen LogP contribution in [0.3, 0.4) is 0 Å². The molecule has 0 bridgehead atoms. The van der Waals surface area contributed by atoms with Crippen molar-refractivity contribution in [2.24, 2.45) is 0 Å². The number of benzene rings is 1. The Morgan fingerprint density at radius 3 is 2.28 bits per heavy atom. The van der Waals surface area contributed by atoms with Gasteiger partial charge in [0, 0.05) is 12.3 Å². The third-order valence-corrected chi connectivity index (χ3v) is 1.97. The van der Waals surface area contributed by atoms with Crippen LogP contribution in [0.1, 0.15) is 17.3 Å². The number of rotatable bonds is 1. The number of aromatic hydroxyl groups is 1. The van der Waals surface area contributed by atoms with E-state index in [1.54, 1.807) is 24.3 Å². The van der Waals surface area contributed by atoms with Crippen molar-refractivity contribution in [2.45, 2.75) is 6.92 Å². The quantitative estimate of drug-likeness (QED) is 0.710. The van der Waals surface area contributed by atoms with Crippen LogP contribution in [0.25, 0.3) is 10.9 Å².